The van der Waals surface area contributed by atoms with E-state index >= 15 is 0 Å². The molecule has 0 aromatic carbocycles. The Labute approximate surface area is 198 Å². The van der Waals surface area contributed by atoms with E-state index in [-0.39, 0.29) is 23.0 Å². The smallest absolute Gasteiger partial charge is 0.0624 e. The fourth-order valence-electron chi connectivity index (χ4n) is 11.7. The highest BCUT2D eigenvalue weighted by Crippen LogP contribution is 2.77. The molecule has 0 aliphatic heterocycles. The minimum absolute atomic E-state index is 0.0718. The lowest BCUT2D eigenvalue weighted by Gasteiger charge is -2.73. The number of hydrogen-bond acceptors (Lipinski definition) is 2. The van der Waals surface area contributed by atoms with Crippen LogP contribution in [-0.2, 0) is 0 Å². The second-order valence-corrected chi connectivity index (χ2v) is 15.2. The molecule has 0 aromatic heterocycles. The average molecular weight is 445 g/mol. The number of aliphatic hydroxyl groups is 2. The number of fused-ring (bicyclic) bond motifs is 7. The van der Waals surface area contributed by atoms with E-state index < -0.39 is 0 Å². The Bertz CT molecular complexity index is 758. The molecule has 0 bridgehead atoms. The molecule has 11 unspecified atom stereocenters. The lowest BCUT2D eigenvalue weighted by Crippen LogP contribution is -2.69. The molecule has 2 N–H and O–H groups in total. The van der Waals surface area contributed by atoms with Crippen molar-refractivity contribution in [1.29, 1.82) is 0 Å². The molecule has 2 heteroatoms. The molecule has 2 nitrogen and oxygen atoms in total. The third kappa shape index (κ3) is 2.66. The van der Waals surface area contributed by atoms with Crippen LogP contribution in [0.25, 0.3) is 0 Å². The summed E-state index contributed by atoms with van der Waals surface area (Å²) in [5.74, 6) is 4.41. The molecule has 5 rings (SSSR count). The molecule has 11 atom stereocenters. The maximum absolute atomic E-state index is 11.5. The molecular weight excluding hydrogens is 392 g/mol. The van der Waals surface area contributed by atoms with Crippen LogP contribution in [0.2, 0.25) is 0 Å². The van der Waals surface area contributed by atoms with Crippen LogP contribution in [0.3, 0.4) is 0 Å². The monoisotopic (exact) mass is 444 g/mol. The van der Waals surface area contributed by atoms with Crippen molar-refractivity contribution in [2.45, 2.75) is 125 Å². The van der Waals surface area contributed by atoms with Crippen LogP contribution in [0, 0.1) is 62.6 Å². The largest absolute Gasteiger partial charge is 0.392 e. The molecule has 0 amide bonds. The van der Waals surface area contributed by atoms with Gasteiger partial charge in [-0.2, -0.15) is 0 Å². The predicted octanol–water partition coefficient (Wildman–Crippen LogP) is 7.08. The molecule has 32 heavy (non-hydrogen) atoms. The first-order valence-corrected chi connectivity index (χ1v) is 14.1. The van der Waals surface area contributed by atoms with Gasteiger partial charge < -0.3 is 10.2 Å². The minimum atomic E-state index is -0.382. The lowest BCUT2D eigenvalue weighted by molar-refractivity contribution is -0.274. The maximum Gasteiger partial charge on any atom is 0.0624 e. The highest BCUT2D eigenvalue weighted by atomic mass is 16.3. The molecule has 5 aliphatic carbocycles. The zero-order valence-electron chi connectivity index (χ0n) is 22.4. The standard InChI is InChI=1S/C30H52O2/c1-18(2)19-11-13-27(5)15-16-28(6)20(25(19)27)9-10-22-29(28,7)14-12-21-26(3,4)23(31)17-24(32)30(21,22)8/h18-25,31-32H,9-17H2,1-8H3. The summed E-state index contributed by atoms with van der Waals surface area (Å²) in [5.41, 5.74) is 1.06. The Morgan fingerprint density at radius 2 is 1.38 bits per heavy atom. The second-order valence-electron chi connectivity index (χ2n) is 15.2. The Balaban J connectivity index is 1.56. The Morgan fingerprint density at radius 1 is 0.688 bits per heavy atom. The van der Waals surface area contributed by atoms with Gasteiger partial charge in [-0.15, -0.1) is 0 Å². The van der Waals surface area contributed by atoms with Crippen molar-refractivity contribution in [3.05, 3.63) is 0 Å². The van der Waals surface area contributed by atoms with Crippen LogP contribution in [-0.4, -0.2) is 22.4 Å². The summed E-state index contributed by atoms with van der Waals surface area (Å²) in [7, 11) is 0. The van der Waals surface area contributed by atoms with Gasteiger partial charge >= 0.3 is 0 Å². The molecule has 0 radical (unpaired) electrons. The number of rotatable bonds is 1. The van der Waals surface area contributed by atoms with E-state index in [0.717, 1.165) is 23.7 Å². The van der Waals surface area contributed by atoms with E-state index in [2.05, 4.69) is 55.4 Å². The summed E-state index contributed by atoms with van der Waals surface area (Å²) in [4.78, 5) is 0. The van der Waals surface area contributed by atoms with E-state index in [0.29, 0.717) is 34.5 Å². The van der Waals surface area contributed by atoms with Crippen molar-refractivity contribution in [2.75, 3.05) is 0 Å². The summed E-state index contributed by atoms with van der Waals surface area (Å²) in [6, 6.07) is 0. The third-order valence-corrected chi connectivity index (χ3v) is 13.9. The van der Waals surface area contributed by atoms with Crippen molar-refractivity contribution in [2.24, 2.45) is 62.6 Å². The van der Waals surface area contributed by atoms with E-state index in [1.54, 1.807) is 0 Å². The normalized spacial score (nSPS) is 59.2. The van der Waals surface area contributed by atoms with E-state index in [1.165, 1.54) is 51.4 Å². The topological polar surface area (TPSA) is 40.5 Å². The maximum atomic E-state index is 11.5. The van der Waals surface area contributed by atoms with Crippen LogP contribution in [0.5, 0.6) is 0 Å². The van der Waals surface area contributed by atoms with Gasteiger partial charge in [0.25, 0.3) is 0 Å². The van der Waals surface area contributed by atoms with Crippen LogP contribution in [0.4, 0.5) is 0 Å². The van der Waals surface area contributed by atoms with Crippen LogP contribution < -0.4 is 0 Å². The van der Waals surface area contributed by atoms with Crippen molar-refractivity contribution in [3.63, 3.8) is 0 Å². The summed E-state index contributed by atoms with van der Waals surface area (Å²) in [5, 5.41) is 22.5. The summed E-state index contributed by atoms with van der Waals surface area (Å²) in [6.45, 7) is 19.9. The predicted molar refractivity (Wildman–Crippen MR) is 132 cm³/mol. The molecule has 5 aliphatic rings. The fourth-order valence-corrected chi connectivity index (χ4v) is 11.7. The summed E-state index contributed by atoms with van der Waals surface area (Å²) in [6.07, 6.45) is 10.6. The van der Waals surface area contributed by atoms with Crippen LogP contribution >= 0.6 is 0 Å². The molecular formula is C30H52O2. The van der Waals surface area contributed by atoms with Gasteiger partial charge in [-0.25, -0.2) is 0 Å². The van der Waals surface area contributed by atoms with E-state index in [4.69, 9.17) is 0 Å². The van der Waals surface area contributed by atoms with Crippen LogP contribution in [0.1, 0.15) is 113 Å². The van der Waals surface area contributed by atoms with Gasteiger partial charge in [-0.3, -0.25) is 0 Å². The van der Waals surface area contributed by atoms with E-state index in [9.17, 15) is 10.2 Å². The zero-order chi connectivity index (χ0) is 23.5. The summed E-state index contributed by atoms with van der Waals surface area (Å²) >= 11 is 0. The Kier molecular flexibility index (Phi) is 5.17. The first-order chi connectivity index (χ1) is 14.7. The SMILES string of the molecule is CC(C)C1CCC2(C)CCC3(C)C(CCC4C5(C)C(O)CC(O)C(C)(C)C5CCC43C)C12. The highest BCUT2D eigenvalue weighted by Gasteiger charge is 2.71. The van der Waals surface area contributed by atoms with Gasteiger partial charge in [0.15, 0.2) is 0 Å². The Morgan fingerprint density at radius 3 is 2.03 bits per heavy atom. The van der Waals surface area contributed by atoms with Crippen molar-refractivity contribution < 1.29 is 10.2 Å². The fraction of sp³-hybridized carbons (Fsp3) is 1.00. The quantitative estimate of drug-likeness (QED) is 0.454. The number of aliphatic hydroxyl groups excluding tert-OH is 2. The van der Waals surface area contributed by atoms with Gasteiger partial charge in [-0.05, 0) is 109 Å². The molecule has 5 saturated carbocycles. The molecule has 0 saturated heterocycles. The molecule has 0 spiro atoms. The number of hydrogen-bond donors (Lipinski definition) is 2. The molecule has 5 fully saturated rings. The van der Waals surface area contributed by atoms with Gasteiger partial charge in [-0.1, -0.05) is 55.4 Å². The van der Waals surface area contributed by atoms with Crippen molar-refractivity contribution in [1.82, 2.24) is 0 Å². The van der Waals surface area contributed by atoms with E-state index in [1.807, 2.05) is 0 Å². The first-order valence-electron chi connectivity index (χ1n) is 14.1. The van der Waals surface area contributed by atoms with Gasteiger partial charge in [0.05, 0.1) is 12.2 Å². The minimum Gasteiger partial charge on any atom is -0.392 e. The second kappa shape index (κ2) is 6.99. The lowest BCUT2D eigenvalue weighted by atomic mass is 9.32. The highest BCUT2D eigenvalue weighted by molar-refractivity contribution is 5.20. The van der Waals surface area contributed by atoms with Crippen molar-refractivity contribution >= 4 is 0 Å². The molecule has 184 valence electrons. The summed E-state index contributed by atoms with van der Waals surface area (Å²) < 4.78 is 0. The van der Waals surface area contributed by atoms with Crippen molar-refractivity contribution in [3.8, 4) is 0 Å². The molecule has 0 heterocycles. The van der Waals surface area contributed by atoms with Gasteiger partial charge in [0.2, 0.25) is 0 Å². The van der Waals surface area contributed by atoms with Gasteiger partial charge in [0, 0.05) is 11.8 Å². The first kappa shape index (κ1) is 23.7. The average Bonchev–Trinajstić information content (AvgIpc) is 3.05. The van der Waals surface area contributed by atoms with Gasteiger partial charge in [0.1, 0.15) is 0 Å². The zero-order valence-corrected chi connectivity index (χ0v) is 22.4. The molecule has 0 aromatic rings. The third-order valence-electron chi connectivity index (χ3n) is 13.9. The van der Waals surface area contributed by atoms with Crippen LogP contribution in [0.15, 0.2) is 0 Å². The Hall–Kier alpha value is -0.0800.